The van der Waals surface area contributed by atoms with Crippen LogP contribution in [0.25, 0.3) is 0 Å². The highest BCUT2D eigenvalue weighted by Crippen LogP contribution is 2.35. The number of carbonyl (C=O) groups excluding carboxylic acids is 2. The molecule has 0 spiro atoms. The molecule has 2 aliphatic rings. The number of aromatic nitrogens is 3. The van der Waals surface area contributed by atoms with E-state index in [1.807, 2.05) is 6.92 Å². The molecule has 1 aliphatic heterocycles. The van der Waals surface area contributed by atoms with Crippen LogP contribution >= 0.6 is 23.1 Å². The van der Waals surface area contributed by atoms with Crippen molar-refractivity contribution in [2.45, 2.75) is 61.9 Å². The molecule has 0 bridgehead atoms. The molecular weight excluding hydrogens is 394 g/mol. The second kappa shape index (κ2) is 8.65. The van der Waals surface area contributed by atoms with Gasteiger partial charge in [0, 0.05) is 30.4 Å². The zero-order valence-corrected chi connectivity index (χ0v) is 17.6. The third kappa shape index (κ3) is 4.10. The van der Waals surface area contributed by atoms with Crippen molar-refractivity contribution >= 4 is 35.0 Å². The lowest BCUT2D eigenvalue weighted by atomic mass is 9.95. The fourth-order valence-corrected chi connectivity index (χ4v) is 5.59. The zero-order valence-electron chi connectivity index (χ0n) is 16.0. The number of imide groups is 1. The van der Waals surface area contributed by atoms with E-state index in [0.29, 0.717) is 19.1 Å². The molecular formula is C19H25N5O2S2. The molecule has 9 heteroatoms. The van der Waals surface area contributed by atoms with Gasteiger partial charge in [0.15, 0.2) is 5.16 Å². The van der Waals surface area contributed by atoms with E-state index in [9.17, 15) is 9.59 Å². The molecule has 1 N–H and O–H groups in total. The third-order valence-corrected chi connectivity index (χ3v) is 7.26. The number of hydrogen-bond donors (Lipinski definition) is 1. The molecule has 3 heterocycles. The monoisotopic (exact) mass is 419 g/mol. The molecule has 1 aliphatic carbocycles. The first kappa shape index (κ1) is 19.4. The largest absolute Gasteiger partial charge is 0.336 e. The van der Waals surface area contributed by atoms with Crippen molar-refractivity contribution in [3.63, 3.8) is 0 Å². The molecule has 0 radical (unpaired) electrons. The Balaban J connectivity index is 1.56. The highest BCUT2D eigenvalue weighted by Gasteiger charge is 2.32. The number of amides is 3. The fraction of sp³-hybridized carbons (Fsp3) is 0.579. The summed E-state index contributed by atoms with van der Waals surface area (Å²) in [6, 6.07) is 4.26. The van der Waals surface area contributed by atoms with Gasteiger partial charge in [-0.25, -0.2) is 4.79 Å². The molecule has 0 unspecified atom stereocenters. The second-order valence-electron chi connectivity index (χ2n) is 7.30. The number of thioether (sulfide) groups is 1. The zero-order chi connectivity index (χ0) is 19.5. The van der Waals surface area contributed by atoms with Crippen LogP contribution in [-0.2, 0) is 11.2 Å². The van der Waals surface area contributed by atoms with Crippen molar-refractivity contribution in [2.24, 2.45) is 0 Å². The van der Waals surface area contributed by atoms with Crippen LogP contribution in [0.5, 0.6) is 0 Å². The standard InChI is InChI=1S/C19H25N5O2S2/c1-13(17(25)23-10-9-20-18(23)26)28-19-22-21-16(12-15-8-5-11-27-15)24(19)14-6-3-2-4-7-14/h5,8,11,13-14H,2-4,6-7,9-10,12H2,1H3,(H,20,26)/t13-/m1/s1. The number of hydrogen-bond acceptors (Lipinski definition) is 6. The van der Waals surface area contributed by atoms with Crippen molar-refractivity contribution in [3.8, 4) is 0 Å². The number of nitrogens with zero attached hydrogens (tertiary/aromatic N) is 4. The maximum atomic E-state index is 12.7. The lowest BCUT2D eigenvalue weighted by molar-refractivity contribution is -0.126. The predicted molar refractivity (Wildman–Crippen MR) is 110 cm³/mol. The van der Waals surface area contributed by atoms with Gasteiger partial charge in [0.25, 0.3) is 0 Å². The average Bonchev–Trinajstić information content (AvgIpc) is 3.44. The fourth-order valence-electron chi connectivity index (χ4n) is 3.89. The summed E-state index contributed by atoms with van der Waals surface area (Å²) in [7, 11) is 0. The Morgan fingerprint density at radius 3 is 2.86 bits per heavy atom. The van der Waals surface area contributed by atoms with Gasteiger partial charge in [0.2, 0.25) is 5.91 Å². The number of rotatable bonds is 6. The van der Waals surface area contributed by atoms with E-state index in [1.54, 1.807) is 11.3 Å². The summed E-state index contributed by atoms with van der Waals surface area (Å²) >= 11 is 3.14. The van der Waals surface area contributed by atoms with Crippen molar-refractivity contribution < 1.29 is 9.59 Å². The Hall–Kier alpha value is -1.87. The Morgan fingerprint density at radius 2 is 2.18 bits per heavy atom. The van der Waals surface area contributed by atoms with Crippen LogP contribution < -0.4 is 5.32 Å². The molecule has 150 valence electrons. The smallest absolute Gasteiger partial charge is 0.324 e. The van der Waals surface area contributed by atoms with Crippen LogP contribution in [0.2, 0.25) is 0 Å². The highest BCUT2D eigenvalue weighted by molar-refractivity contribution is 8.00. The number of nitrogens with one attached hydrogen (secondary N) is 1. The highest BCUT2D eigenvalue weighted by atomic mass is 32.2. The molecule has 2 fully saturated rings. The molecule has 2 aromatic rings. The van der Waals surface area contributed by atoms with Gasteiger partial charge in [0.05, 0.1) is 5.25 Å². The maximum absolute atomic E-state index is 12.7. The van der Waals surface area contributed by atoms with Gasteiger partial charge < -0.3 is 9.88 Å². The van der Waals surface area contributed by atoms with Gasteiger partial charge >= 0.3 is 6.03 Å². The first-order valence-electron chi connectivity index (χ1n) is 9.85. The minimum absolute atomic E-state index is 0.169. The predicted octanol–water partition coefficient (Wildman–Crippen LogP) is 3.47. The van der Waals surface area contributed by atoms with Gasteiger partial charge in [-0.1, -0.05) is 37.1 Å². The summed E-state index contributed by atoms with van der Waals surface area (Å²) in [4.78, 5) is 27.1. The average molecular weight is 420 g/mol. The number of carbonyl (C=O) groups is 2. The first-order chi connectivity index (χ1) is 13.6. The Bertz CT molecular complexity index is 830. The molecule has 0 aromatic carbocycles. The van der Waals surface area contributed by atoms with E-state index >= 15 is 0 Å². The van der Waals surface area contributed by atoms with Crippen LogP contribution in [0.3, 0.4) is 0 Å². The quantitative estimate of drug-likeness (QED) is 0.725. The summed E-state index contributed by atoms with van der Waals surface area (Å²) in [5.41, 5.74) is 0. The molecule has 1 saturated heterocycles. The SMILES string of the molecule is C[C@@H](Sc1nnc(Cc2cccs2)n1C1CCCCC1)C(=O)N1CCNC1=O. The van der Waals surface area contributed by atoms with E-state index in [0.717, 1.165) is 30.2 Å². The molecule has 28 heavy (non-hydrogen) atoms. The summed E-state index contributed by atoms with van der Waals surface area (Å²) < 4.78 is 2.26. The minimum Gasteiger partial charge on any atom is -0.336 e. The van der Waals surface area contributed by atoms with E-state index in [4.69, 9.17) is 0 Å². The molecule has 1 saturated carbocycles. The summed E-state index contributed by atoms with van der Waals surface area (Å²) in [5.74, 6) is 0.799. The summed E-state index contributed by atoms with van der Waals surface area (Å²) in [5, 5.41) is 14.1. The molecule has 7 nitrogen and oxygen atoms in total. The van der Waals surface area contributed by atoms with Gasteiger partial charge in [-0.05, 0) is 31.2 Å². The Labute approximate surface area is 172 Å². The topological polar surface area (TPSA) is 80.1 Å². The van der Waals surface area contributed by atoms with Crippen LogP contribution in [0.15, 0.2) is 22.7 Å². The van der Waals surface area contributed by atoms with Gasteiger partial charge in [-0.15, -0.1) is 21.5 Å². The van der Waals surface area contributed by atoms with Crippen LogP contribution in [0.1, 0.15) is 55.8 Å². The van der Waals surface area contributed by atoms with E-state index in [-0.39, 0.29) is 17.2 Å². The van der Waals surface area contributed by atoms with Crippen LogP contribution in [-0.4, -0.2) is 49.9 Å². The Kier molecular flexibility index (Phi) is 6.01. The normalized spacial score (nSPS) is 19.0. The summed E-state index contributed by atoms with van der Waals surface area (Å²) in [6.07, 6.45) is 6.72. The Morgan fingerprint density at radius 1 is 1.36 bits per heavy atom. The molecule has 2 aromatic heterocycles. The minimum atomic E-state index is -0.384. The van der Waals surface area contributed by atoms with Crippen LogP contribution in [0, 0.1) is 0 Å². The van der Waals surface area contributed by atoms with E-state index in [2.05, 4.69) is 37.6 Å². The molecule has 4 rings (SSSR count). The first-order valence-corrected chi connectivity index (χ1v) is 11.6. The van der Waals surface area contributed by atoms with Gasteiger partial charge in [-0.3, -0.25) is 9.69 Å². The maximum Gasteiger partial charge on any atom is 0.324 e. The van der Waals surface area contributed by atoms with E-state index < -0.39 is 0 Å². The van der Waals surface area contributed by atoms with Crippen molar-refractivity contribution in [1.82, 2.24) is 25.0 Å². The second-order valence-corrected chi connectivity index (χ2v) is 9.64. The van der Waals surface area contributed by atoms with Crippen LogP contribution in [0.4, 0.5) is 4.79 Å². The lowest BCUT2D eigenvalue weighted by Crippen LogP contribution is -2.39. The van der Waals surface area contributed by atoms with Crippen molar-refractivity contribution in [2.75, 3.05) is 13.1 Å². The molecule has 1 atom stereocenters. The number of urea groups is 1. The summed E-state index contributed by atoms with van der Waals surface area (Å²) in [6.45, 7) is 2.80. The van der Waals surface area contributed by atoms with E-state index in [1.165, 1.54) is 40.8 Å². The van der Waals surface area contributed by atoms with Crippen molar-refractivity contribution in [1.29, 1.82) is 0 Å². The lowest BCUT2D eigenvalue weighted by Gasteiger charge is -2.26. The molecule has 3 amide bonds. The van der Waals surface area contributed by atoms with Gasteiger partial charge in [-0.2, -0.15) is 0 Å². The van der Waals surface area contributed by atoms with Gasteiger partial charge in [0.1, 0.15) is 5.82 Å². The van der Waals surface area contributed by atoms with Crippen molar-refractivity contribution in [3.05, 3.63) is 28.2 Å². The number of thiophene rings is 1. The third-order valence-electron chi connectivity index (χ3n) is 5.34.